The molecule has 0 bridgehead atoms. The minimum atomic E-state index is 0.458. The van der Waals surface area contributed by atoms with Gasteiger partial charge in [0.1, 0.15) is 0 Å². The normalized spacial score (nSPS) is 55.5. The molecule has 0 aromatic heterocycles. The molecule has 25 heavy (non-hydrogen) atoms. The van der Waals surface area contributed by atoms with E-state index in [1.54, 1.807) is 0 Å². The fraction of sp³-hybridized carbons (Fsp3) is 0.680. The summed E-state index contributed by atoms with van der Waals surface area (Å²) in [5.41, 5.74) is 6.10. The monoisotopic (exact) mass is 334 g/mol. The van der Waals surface area contributed by atoms with Crippen LogP contribution in [0.15, 0.2) is 48.6 Å². The quantitative estimate of drug-likeness (QED) is 0.488. The van der Waals surface area contributed by atoms with Crippen LogP contribution in [-0.2, 0) is 0 Å². The Balaban J connectivity index is 1.72. The molecule has 0 aliphatic heterocycles. The number of fused-ring (bicyclic) bond motifs is 3. The van der Waals surface area contributed by atoms with E-state index < -0.39 is 0 Å². The summed E-state index contributed by atoms with van der Waals surface area (Å²) in [5, 5.41) is 0. The van der Waals surface area contributed by atoms with Gasteiger partial charge in [0.2, 0.25) is 0 Å². The third-order valence-corrected chi connectivity index (χ3v) is 9.55. The van der Waals surface area contributed by atoms with Gasteiger partial charge in [-0.1, -0.05) is 54.0 Å². The zero-order valence-electron chi connectivity index (χ0n) is 16.5. The van der Waals surface area contributed by atoms with Crippen LogP contribution in [0, 0.1) is 64.6 Å². The Labute approximate surface area is 154 Å². The largest absolute Gasteiger partial charge is 0.0953 e. The second kappa shape index (κ2) is 4.62. The van der Waals surface area contributed by atoms with Crippen molar-refractivity contribution < 1.29 is 0 Å². The van der Waals surface area contributed by atoms with Gasteiger partial charge in [0, 0.05) is 0 Å². The van der Waals surface area contributed by atoms with E-state index in [1.807, 2.05) is 0 Å². The van der Waals surface area contributed by atoms with E-state index in [2.05, 4.69) is 54.0 Å². The van der Waals surface area contributed by atoms with Crippen LogP contribution >= 0.6 is 0 Å². The molecule has 0 aromatic carbocycles. The zero-order chi connectivity index (χ0) is 18.0. The minimum Gasteiger partial charge on any atom is -0.0953 e. The van der Waals surface area contributed by atoms with Crippen LogP contribution in [0.3, 0.4) is 0 Å². The highest BCUT2D eigenvalue weighted by Gasteiger charge is 2.68. The molecule has 134 valence electrons. The average molecular weight is 335 g/mol. The molecule has 0 heteroatoms. The first-order valence-corrected chi connectivity index (χ1v) is 10.4. The van der Waals surface area contributed by atoms with Gasteiger partial charge < -0.3 is 0 Å². The predicted molar refractivity (Wildman–Crippen MR) is 106 cm³/mol. The smallest absolute Gasteiger partial charge is 0.00964 e. The molecule has 0 spiro atoms. The van der Waals surface area contributed by atoms with Gasteiger partial charge in [-0.25, -0.2) is 0 Å². The Morgan fingerprint density at radius 2 is 0.960 bits per heavy atom. The fourth-order valence-electron chi connectivity index (χ4n) is 8.72. The summed E-state index contributed by atoms with van der Waals surface area (Å²) in [6, 6.07) is 0. The van der Waals surface area contributed by atoms with Crippen LogP contribution in [0.1, 0.15) is 40.5 Å². The first-order valence-electron chi connectivity index (χ1n) is 10.4. The van der Waals surface area contributed by atoms with Gasteiger partial charge >= 0.3 is 0 Å². The summed E-state index contributed by atoms with van der Waals surface area (Å²) in [6.07, 6.45) is 2.71. The molecule has 5 aliphatic carbocycles. The highest BCUT2D eigenvalue weighted by molar-refractivity contribution is 5.48. The summed E-state index contributed by atoms with van der Waals surface area (Å²) < 4.78 is 0. The van der Waals surface area contributed by atoms with Crippen molar-refractivity contribution in [2.45, 2.75) is 40.5 Å². The molecule has 5 saturated carbocycles. The van der Waals surface area contributed by atoms with Crippen LogP contribution in [-0.4, -0.2) is 0 Å². The molecular weight excluding hydrogens is 300 g/mol. The first-order chi connectivity index (χ1) is 11.7. The number of rotatable bonds is 0. The summed E-state index contributed by atoms with van der Waals surface area (Å²) in [4.78, 5) is 0. The lowest BCUT2D eigenvalue weighted by molar-refractivity contribution is -0.0512. The van der Waals surface area contributed by atoms with Gasteiger partial charge in [0.05, 0.1) is 0 Å². The standard InChI is InChI=1S/C25H34/c1-11-12(2)20-14(4)16(6)22-18-10-25(7,8)9-17(18)21-15(5)13(3)19(11)23(21)24(20)22/h11-12,17-24H,3-6,9-10H2,1-2,7-8H3. The summed E-state index contributed by atoms with van der Waals surface area (Å²) in [5.74, 6) is 7.14. The van der Waals surface area contributed by atoms with Gasteiger partial charge in [0.25, 0.3) is 0 Å². The molecule has 5 aliphatic rings. The molecule has 0 radical (unpaired) electrons. The van der Waals surface area contributed by atoms with E-state index in [0.29, 0.717) is 40.9 Å². The summed E-state index contributed by atoms with van der Waals surface area (Å²) >= 11 is 0. The van der Waals surface area contributed by atoms with Crippen LogP contribution in [0.5, 0.6) is 0 Å². The van der Waals surface area contributed by atoms with Crippen molar-refractivity contribution >= 4 is 0 Å². The maximum Gasteiger partial charge on any atom is -0.00964 e. The van der Waals surface area contributed by atoms with E-state index >= 15 is 0 Å². The van der Waals surface area contributed by atoms with Gasteiger partial charge in [-0.15, -0.1) is 0 Å². The SMILES string of the molecule is C=C1C(=C)C2C3CC(C)(C)CC3C3C(=C)C(=C)C4C(C)C(C)C1C2C43. The Morgan fingerprint density at radius 1 is 0.640 bits per heavy atom. The molecule has 5 fully saturated rings. The summed E-state index contributed by atoms with van der Waals surface area (Å²) in [7, 11) is 0. The highest BCUT2D eigenvalue weighted by Crippen LogP contribution is 2.74. The lowest BCUT2D eigenvalue weighted by Gasteiger charge is -2.54. The molecule has 0 N–H and O–H groups in total. The van der Waals surface area contributed by atoms with Crippen molar-refractivity contribution in [2.24, 2.45) is 64.6 Å². The topological polar surface area (TPSA) is 0 Å². The zero-order valence-corrected chi connectivity index (χ0v) is 16.5. The van der Waals surface area contributed by atoms with Gasteiger partial charge in [-0.2, -0.15) is 0 Å². The highest BCUT2D eigenvalue weighted by atomic mass is 14.7. The molecule has 0 heterocycles. The van der Waals surface area contributed by atoms with Crippen LogP contribution in [0.25, 0.3) is 0 Å². The number of hydrogen-bond donors (Lipinski definition) is 0. The van der Waals surface area contributed by atoms with Gasteiger partial charge in [0.15, 0.2) is 0 Å². The Bertz CT molecular complexity index is 658. The molecule has 0 nitrogen and oxygen atoms in total. The number of allylic oxidation sites excluding steroid dienone is 4. The minimum absolute atomic E-state index is 0.458. The summed E-state index contributed by atoms with van der Waals surface area (Å²) in [6.45, 7) is 28.3. The van der Waals surface area contributed by atoms with Crippen LogP contribution in [0.4, 0.5) is 0 Å². The van der Waals surface area contributed by atoms with Crippen LogP contribution in [0.2, 0.25) is 0 Å². The second-order valence-electron chi connectivity index (χ2n) is 11.0. The molecule has 0 amide bonds. The van der Waals surface area contributed by atoms with Crippen molar-refractivity contribution in [1.82, 2.24) is 0 Å². The third kappa shape index (κ3) is 1.70. The Morgan fingerprint density at radius 3 is 1.32 bits per heavy atom. The average Bonchev–Trinajstić information content (AvgIpc) is 3.08. The van der Waals surface area contributed by atoms with Crippen LogP contribution < -0.4 is 0 Å². The van der Waals surface area contributed by atoms with E-state index in [1.165, 1.54) is 35.1 Å². The predicted octanol–water partition coefficient (Wildman–Crippen LogP) is 6.29. The van der Waals surface area contributed by atoms with Crippen molar-refractivity contribution in [3.05, 3.63) is 48.6 Å². The molecule has 0 aromatic rings. The van der Waals surface area contributed by atoms with E-state index in [-0.39, 0.29) is 0 Å². The Hall–Kier alpha value is -1.04. The van der Waals surface area contributed by atoms with Crippen molar-refractivity contribution in [2.75, 3.05) is 0 Å². The van der Waals surface area contributed by atoms with Crippen molar-refractivity contribution in [3.63, 3.8) is 0 Å². The van der Waals surface area contributed by atoms with E-state index in [9.17, 15) is 0 Å². The fourth-order valence-corrected chi connectivity index (χ4v) is 8.72. The maximum absolute atomic E-state index is 4.61. The molecule has 10 unspecified atom stereocenters. The van der Waals surface area contributed by atoms with E-state index in [4.69, 9.17) is 0 Å². The maximum atomic E-state index is 4.61. The van der Waals surface area contributed by atoms with Crippen molar-refractivity contribution in [1.29, 1.82) is 0 Å². The molecule has 5 rings (SSSR count). The van der Waals surface area contributed by atoms with Gasteiger partial charge in [-0.3, -0.25) is 0 Å². The third-order valence-electron chi connectivity index (χ3n) is 9.55. The molecule has 10 atom stereocenters. The number of hydrogen-bond acceptors (Lipinski definition) is 0. The lowest BCUT2D eigenvalue weighted by Crippen LogP contribution is -2.50. The molecule has 0 saturated heterocycles. The first kappa shape index (κ1) is 16.2. The molecular formula is C25H34. The Kier molecular flexibility index (Phi) is 2.99. The lowest BCUT2D eigenvalue weighted by atomic mass is 9.50. The van der Waals surface area contributed by atoms with Crippen molar-refractivity contribution in [3.8, 4) is 0 Å². The second-order valence-corrected chi connectivity index (χ2v) is 11.0. The van der Waals surface area contributed by atoms with Gasteiger partial charge in [-0.05, 0) is 99.7 Å². The van der Waals surface area contributed by atoms with E-state index in [0.717, 1.165) is 23.7 Å².